The molecule has 0 amide bonds. The summed E-state index contributed by atoms with van der Waals surface area (Å²) in [4.78, 5) is 8.27. The van der Waals surface area contributed by atoms with Crippen LogP contribution in [-0.2, 0) is 11.3 Å². The molecule has 0 radical (unpaired) electrons. The summed E-state index contributed by atoms with van der Waals surface area (Å²) in [6.07, 6.45) is 0. The van der Waals surface area contributed by atoms with E-state index in [9.17, 15) is 4.39 Å². The molecule has 0 saturated carbocycles. The molecular formula is C12H9Cl2FN2O. The number of nitrogens with zero attached hydrogens (tertiary/aromatic N) is 2. The van der Waals surface area contributed by atoms with E-state index in [4.69, 9.17) is 27.9 Å². The van der Waals surface area contributed by atoms with Crippen LogP contribution in [0.25, 0.3) is 11.4 Å². The second-order valence-electron chi connectivity index (χ2n) is 3.60. The summed E-state index contributed by atoms with van der Waals surface area (Å²) in [5, 5.41) is 0.550. The van der Waals surface area contributed by atoms with Gasteiger partial charge in [0, 0.05) is 17.7 Å². The zero-order valence-corrected chi connectivity index (χ0v) is 11.0. The van der Waals surface area contributed by atoms with E-state index >= 15 is 0 Å². The van der Waals surface area contributed by atoms with Gasteiger partial charge in [0.2, 0.25) is 0 Å². The monoisotopic (exact) mass is 286 g/mol. The molecule has 0 fully saturated rings. The number of hydrogen-bond donors (Lipinski definition) is 0. The fraction of sp³-hybridized carbons (Fsp3) is 0.167. The highest BCUT2D eigenvalue weighted by molar-refractivity contribution is 6.31. The summed E-state index contributed by atoms with van der Waals surface area (Å²) in [6.45, 7) is 0.304. The Labute approximate surface area is 114 Å². The first-order chi connectivity index (χ1) is 8.58. The minimum absolute atomic E-state index is 0.271. The Bertz CT molecular complexity index is 558. The molecule has 2 rings (SSSR count). The van der Waals surface area contributed by atoms with Crippen LogP contribution in [0, 0.1) is 5.82 Å². The van der Waals surface area contributed by atoms with Gasteiger partial charge in [0.1, 0.15) is 11.0 Å². The van der Waals surface area contributed by atoms with E-state index < -0.39 is 5.82 Å². The molecule has 0 atom stereocenters. The summed E-state index contributed by atoms with van der Waals surface area (Å²) in [7, 11) is 1.55. The Kier molecular flexibility index (Phi) is 4.11. The zero-order valence-electron chi connectivity index (χ0n) is 9.45. The molecule has 18 heavy (non-hydrogen) atoms. The molecule has 0 aliphatic carbocycles. The third-order valence-electron chi connectivity index (χ3n) is 2.16. The van der Waals surface area contributed by atoms with Crippen LogP contribution < -0.4 is 0 Å². The van der Waals surface area contributed by atoms with E-state index in [0.29, 0.717) is 23.7 Å². The van der Waals surface area contributed by atoms with Crippen LogP contribution in [0.5, 0.6) is 0 Å². The fourth-order valence-corrected chi connectivity index (χ4v) is 1.93. The van der Waals surface area contributed by atoms with Gasteiger partial charge in [-0.1, -0.05) is 23.2 Å². The van der Waals surface area contributed by atoms with Crippen molar-refractivity contribution in [1.82, 2.24) is 9.97 Å². The molecule has 0 bridgehead atoms. The van der Waals surface area contributed by atoms with Gasteiger partial charge in [-0.3, -0.25) is 0 Å². The van der Waals surface area contributed by atoms with Crippen LogP contribution in [0.1, 0.15) is 5.69 Å². The Balaban J connectivity index is 2.49. The molecule has 0 unspecified atom stereocenters. The maximum absolute atomic E-state index is 13.3. The van der Waals surface area contributed by atoms with E-state index in [2.05, 4.69) is 9.97 Å². The van der Waals surface area contributed by atoms with Crippen LogP contribution in [0.3, 0.4) is 0 Å². The lowest BCUT2D eigenvalue weighted by atomic mass is 10.2. The lowest BCUT2D eigenvalue weighted by molar-refractivity contribution is 0.181. The molecule has 0 aliphatic rings. The highest BCUT2D eigenvalue weighted by atomic mass is 35.5. The summed E-state index contributed by atoms with van der Waals surface area (Å²) in [6, 6.07) is 5.68. The largest absolute Gasteiger partial charge is 0.378 e. The Morgan fingerprint density at radius 1 is 1.17 bits per heavy atom. The number of rotatable bonds is 3. The number of benzene rings is 1. The van der Waals surface area contributed by atoms with Crippen molar-refractivity contribution in [3.63, 3.8) is 0 Å². The van der Waals surface area contributed by atoms with Gasteiger partial charge >= 0.3 is 0 Å². The van der Waals surface area contributed by atoms with Crippen LogP contribution in [0.15, 0.2) is 24.3 Å². The van der Waals surface area contributed by atoms with Crippen molar-refractivity contribution in [2.24, 2.45) is 0 Å². The number of methoxy groups -OCH3 is 1. The first-order valence-electron chi connectivity index (χ1n) is 5.07. The Morgan fingerprint density at radius 3 is 2.61 bits per heavy atom. The molecule has 1 aromatic heterocycles. The van der Waals surface area contributed by atoms with Crippen LogP contribution >= 0.6 is 23.2 Å². The molecule has 2 aromatic rings. The van der Waals surface area contributed by atoms with E-state index in [1.165, 1.54) is 12.1 Å². The highest BCUT2D eigenvalue weighted by Gasteiger charge is 2.08. The number of aromatic nitrogens is 2. The summed E-state index contributed by atoms with van der Waals surface area (Å²) < 4.78 is 18.2. The van der Waals surface area contributed by atoms with Crippen molar-refractivity contribution in [2.45, 2.75) is 6.61 Å². The molecular weight excluding hydrogens is 278 g/mol. The Hall–Kier alpha value is -1.23. The van der Waals surface area contributed by atoms with Gasteiger partial charge in [-0.05, 0) is 24.3 Å². The van der Waals surface area contributed by atoms with Gasteiger partial charge in [0.05, 0.1) is 12.3 Å². The molecule has 0 saturated heterocycles. The fourth-order valence-electron chi connectivity index (χ4n) is 1.50. The van der Waals surface area contributed by atoms with Crippen molar-refractivity contribution >= 4 is 23.2 Å². The third-order valence-corrected chi connectivity index (χ3v) is 2.57. The minimum Gasteiger partial charge on any atom is -0.378 e. The third kappa shape index (κ3) is 3.16. The second-order valence-corrected chi connectivity index (χ2v) is 4.42. The first kappa shape index (κ1) is 13.2. The van der Waals surface area contributed by atoms with E-state index in [1.807, 2.05) is 0 Å². The molecule has 1 heterocycles. The lowest BCUT2D eigenvalue weighted by Gasteiger charge is -2.05. The van der Waals surface area contributed by atoms with Gasteiger partial charge in [0.25, 0.3) is 0 Å². The van der Waals surface area contributed by atoms with Gasteiger partial charge in [-0.15, -0.1) is 0 Å². The summed E-state index contributed by atoms with van der Waals surface area (Å²) >= 11 is 11.7. The SMILES string of the molecule is COCc1cc(Cl)nc(-c2cc(F)cc(Cl)c2)n1. The summed E-state index contributed by atoms with van der Waals surface area (Å²) in [5.41, 5.74) is 1.09. The zero-order chi connectivity index (χ0) is 13.1. The van der Waals surface area contributed by atoms with Crippen LogP contribution in [0.4, 0.5) is 4.39 Å². The van der Waals surface area contributed by atoms with Crippen molar-refractivity contribution in [2.75, 3.05) is 7.11 Å². The molecule has 1 aromatic carbocycles. The molecule has 3 nitrogen and oxygen atoms in total. The standard InChI is InChI=1S/C12H9Cl2FN2O/c1-18-6-10-5-11(14)17-12(16-10)7-2-8(13)4-9(15)3-7/h2-5H,6H2,1H3. The summed E-state index contributed by atoms with van der Waals surface area (Å²) in [5.74, 6) is -0.134. The van der Waals surface area contributed by atoms with Gasteiger partial charge in [-0.2, -0.15) is 0 Å². The molecule has 6 heteroatoms. The molecule has 0 spiro atoms. The smallest absolute Gasteiger partial charge is 0.161 e. The van der Waals surface area contributed by atoms with E-state index in [-0.39, 0.29) is 10.2 Å². The normalized spacial score (nSPS) is 10.7. The Morgan fingerprint density at radius 2 is 1.94 bits per heavy atom. The van der Waals surface area contributed by atoms with Crippen LogP contribution in [-0.4, -0.2) is 17.1 Å². The van der Waals surface area contributed by atoms with Gasteiger partial charge in [0.15, 0.2) is 5.82 Å². The van der Waals surface area contributed by atoms with E-state index in [1.54, 1.807) is 19.2 Å². The number of ether oxygens (including phenoxy) is 1. The molecule has 0 N–H and O–H groups in total. The minimum atomic E-state index is -0.450. The highest BCUT2D eigenvalue weighted by Crippen LogP contribution is 2.23. The average molecular weight is 287 g/mol. The number of halogens is 3. The van der Waals surface area contributed by atoms with Gasteiger partial charge in [-0.25, -0.2) is 14.4 Å². The van der Waals surface area contributed by atoms with Crippen LogP contribution in [0.2, 0.25) is 10.2 Å². The lowest BCUT2D eigenvalue weighted by Crippen LogP contribution is -1.98. The maximum Gasteiger partial charge on any atom is 0.161 e. The van der Waals surface area contributed by atoms with Crippen molar-refractivity contribution in [3.8, 4) is 11.4 Å². The quantitative estimate of drug-likeness (QED) is 0.807. The predicted molar refractivity (Wildman–Crippen MR) is 68.2 cm³/mol. The van der Waals surface area contributed by atoms with Gasteiger partial charge < -0.3 is 4.74 Å². The molecule has 0 aliphatic heterocycles. The molecule has 94 valence electrons. The number of hydrogen-bond acceptors (Lipinski definition) is 3. The second kappa shape index (κ2) is 5.61. The van der Waals surface area contributed by atoms with Crippen molar-refractivity contribution in [1.29, 1.82) is 0 Å². The van der Waals surface area contributed by atoms with Crippen molar-refractivity contribution < 1.29 is 9.13 Å². The van der Waals surface area contributed by atoms with Crippen molar-refractivity contribution in [3.05, 3.63) is 46.0 Å². The average Bonchev–Trinajstić information content (AvgIpc) is 2.27. The van der Waals surface area contributed by atoms with E-state index in [0.717, 1.165) is 0 Å². The first-order valence-corrected chi connectivity index (χ1v) is 5.83. The maximum atomic E-state index is 13.3. The predicted octanol–water partition coefficient (Wildman–Crippen LogP) is 3.74. The topological polar surface area (TPSA) is 35.0 Å².